The Kier molecular flexibility index (Phi) is 4.29. The van der Waals surface area contributed by atoms with Gasteiger partial charge in [-0.2, -0.15) is 5.10 Å². The lowest BCUT2D eigenvalue weighted by Crippen LogP contribution is -2.49. The predicted octanol–water partition coefficient (Wildman–Crippen LogP) is 1.86. The van der Waals surface area contributed by atoms with Crippen LogP contribution in [0.1, 0.15) is 37.0 Å². The molecule has 1 aromatic carbocycles. The highest BCUT2D eigenvalue weighted by atomic mass is 16.2. The van der Waals surface area contributed by atoms with Crippen molar-refractivity contribution in [3.05, 3.63) is 41.5 Å². The van der Waals surface area contributed by atoms with Crippen LogP contribution in [0.4, 0.5) is 5.69 Å². The molecule has 2 aromatic rings. The molecule has 0 fully saturated rings. The average Bonchev–Trinajstić information content (AvgIpc) is 2.98. The molecule has 2 aliphatic heterocycles. The lowest BCUT2D eigenvalue weighted by Gasteiger charge is -2.36. The highest BCUT2D eigenvalue weighted by molar-refractivity contribution is 5.96. The molecule has 1 amide bonds. The van der Waals surface area contributed by atoms with Crippen LogP contribution in [-0.2, 0) is 24.2 Å². The van der Waals surface area contributed by atoms with Crippen LogP contribution in [-0.4, -0.2) is 39.3 Å². The third-order valence-electron chi connectivity index (χ3n) is 5.30. The topological polar surface area (TPSA) is 63.1 Å². The van der Waals surface area contributed by atoms with E-state index in [1.54, 1.807) is 0 Å². The van der Waals surface area contributed by atoms with E-state index in [0.717, 1.165) is 49.6 Å². The molecule has 2 aliphatic rings. The first kappa shape index (κ1) is 16.3. The van der Waals surface area contributed by atoms with Crippen LogP contribution in [0.15, 0.2) is 24.3 Å². The fourth-order valence-corrected chi connectivity index (χ4v) is 3.99. The molecule has 1 N–H and O–H groups in total. The van der Waals surface area contributed by atoms with Crippen molar-refractivity contribution in [1.29, 1.82) is 0 Å². The van der Waals surface area contributed by atoms with Crippen LogP contribution in [0, 0.1) is 6.92 Å². The molecule has 0 bridgehead atoms. The van der Waals surface area contributed by atoms with E-state index in [1.807, 2.05) is 22.6 Å². The number of nitrogens with one attached hydrogen (secondary N) is 1. The van der Waals surface area contributed by atoms with Crippen molar-refractivity contribution < 1.29 is 4.79 Å². The van der Waals surface area contributed by atoms with Crippen molar-refractivity contribution in [2.45, 2.75) is 58.2 Å². The van der Waals surface area contributed by atoms with Crippen molar-refractivity contribution in [3.8, 4) is 0 Å². The SMILES string of the molecule is Cc1nc2n(n1)CC(NCC(=O)N1c3ccccc3CCC1C)CC2. The van der Waals surface area contributed by atoms with E-state index in [4.69, 9.17) is 0 Å². The number of aryl methyl sites for hydroxylation is 3. The maximum atomic E-state index is 12.9. The van der Waals surface area contributed by atoms with Gasteiger partial charge in [0.15, 0.2) is 0 Å². The van der Waals surface area contributed by atoms with Gasteiger partial charge in [0.25, 0.3) is 0 Å². The number of fused-ring (bicyclic) bond motifs is 2. The Bertz CT molecular complexity index is 784. The fraction of sp³-hybridized carbons (Fsp3) is 0.526. The molecule has 6 nitrogen and oxygen atoms in total. The normalized spacial score (nSPS) is 22.4. The second-order valence-electron chi connectivity index (χ2n) is 7.15. The smallest absolute Gasteiger partial charge is 0.241 e. The fourth-order valence-electron chi connectivity index (χ4n) is 3.99. The molecule has 0 spiro atoms. The number of hydrogen-bond donors (Lipinski definition) is 1. The molecule has 2 atom stereocenters. The van der Waals surface area contributed by atoms with Crippen LogP contribution >= 0.6 is 0 Å². The summed E-state index contributed by atoms with van der Waals surface area (Å²) in [6.07, 6.45) is 3.98. The first-order valence-corrected chi connectivity index (χ1v) is 9.15. The standard InChI is InChI=1S/C19H25N5O/c1-13-7-8-15-5-3-4-6-17(15)24(13)19(25)11-20-16-9-10-18-21-14(2)22-23(18)12-16/h3-6,13,16,20H,7-12H2,1-2H3. The van der Waals surface area contributed by atoms with Gasteiger partial charge in [0.05, 0.1) is 13.1 Å². The summed E-state index contributed by atoms with van der Waals surface area (Å²) in [4.78, 5) is 19.3. The molecule has 4 rings (SSSR count). The molecule has 6 heteroatoms. The maximum Gasteiger partial charge on any atom is 0.241 e. The van der Waals surface area contributed by atoms with E-state index in [-0.39, 0.29) is 18.0 Å². The minimum Gasteiger partial charge on any atom is -0.308 e. The largest absolute Gasteiger partial charge is 0.308 e. The number of benzene rings is 1. The number of rotatable bonds is 3. The van der Waals surface area contributed by atoms with E-state index in [2.05, 4.69) is 40.5 Å². The Morgan fingerprint density at radius 1 is 1.28 bits per heavy atom. The molecule has 0 aliphatic carbocycles. The minimum absolute atomic E-state index is 0.153. The summed E-state index contributed by atoms with van der Waals surface area (Å²) in [5.41, 5.74) is 2.35. The summed E-state index contributed by atoms with van der Waals surface area (Å²) < 4.78 is 1.97. The Labute approximate surface area is 148 Å². The highest BCUT2D eigenvalue weighted by Gasteiger charge is 2.28. The number of para-hydroxylation sites is 1. The van der Waals surface area contributed by atoms with Gasteiger partial charge in [-0.05, 0) is 44.7 Å². The number of nitrogens with zero attached hydrogens (tertiary/aromatic N) is 4. The molecule has 0 saturated heterocycles. The first-order valence-electron chi connectivity index (χ1n) is 9.15. The van der Waals surface area contributed by atoms with Crippen molar-refractivity contribution in [3.63, 3.8) is 0 Å². The van der Waals surface area contributed by atoms with E-state index in [1.165, 1.54) is 5.56 Å². The van der Waals surface area contributed by atoms with Crippen LogP contribution in [0.5, 0.6) is 0 Å². The zero-order valence-electron chi connectivity index (χ0n) is 14.9. The van der Waals surface area contributed by atoms with Gasteiger partial charge in [-0.15, -0.1) is 0 Å². The van der Waals surface area contributed by atoms with E-state index in [0.29, 0.717) is 6.54 Å². The third kappa shape index (κ3) is 3.18. The first-order chi connectivity index (χ1) is 12.1. The zero-order chi connectivity index (χ0) is 17.4. The van der Waals surface area contributed by atoms with Crippen molar-refractivity contribution in [2.75, 3.05) is 11.4 Å². The molecule has 1 aromatic heterocycles. The van der Waals surface area contributed by atoms with Gasteiger partial charge in [-0.25, -0.2) is 9.67 Å². The second kappa shape index (κ2) is 6.59. The summed E-state index contributed by atoms with van der Waals surface area (Å²) in [6, 6.07) is 8.78. The predicted molar refractivity (Wildman–Crippen MR) is 96.6 cm³/mol. The molecular weight excluding hydrogens is 314 g/mol. The van der Waals surface area contributed by atoms with E-state index < -0.39 is 0 Å². The number of carbonyl (C=O) groups excluding carboxylic acids is 1. The van der Waals surface area contributed by atoms with Gasteiger partial charge in [0, 0.05) is 24.2 Å². The quantitative estimate of drug-likeness (QED) is 0.927. The van der Waals surface area contributed by atoms with Gasteiger partial charge in [-0.3, -0.25) is 4.79 Å². The lowest BCUT2D eigenvalue weighted by atomic mass is 9.96. The Morgan fingerprint density at radius 3 is 3.00 bits per heavy atom. The lowest BCUT2D eigenvalue weighted by molar-refractivity contribution is -0.118. The van der Waals surface area contributed by atoms with Gasteiger partial charge < -0.3 is 10.2 Å². The number of aromatic nitrogens is 3. The monoisotopic (exact) mass is 339 g/mol. The maximum absolute atomic E-state index is 12.9. The van der Waals surface area contributed by atoms with Crippen molar-refractivity contribution >= 4 is 11.6 Å². The number of anilines is 1. The van der Waals surface area contributed by atoms with Crippen LogP contribution in [0.25, 0.3) is 0 Å². The molecule has 0 radical (unpaired) electrons. The molecule has 25 heavy (non-hydrogen) atoms. The number of carbonyl (C=O) groups is 1. The van der Waals surface area contributed by atoms with Crippen LogP contribution < -0.4 is 10.2 Å². The van der Waals surface area contributed by atoms with Crippen molar-refractivity contribution in [1.82, 2.24) is 20.1 Å². The average molecular weight is 339 g/mol. The van der Waals surface area contributed by atoms with E-state index >= 15 is 0 Å². The highest BCUT2D eigenvalue weighted by Crippen LogP contribution is 2.30. The number of hydrogen-bond acceptors (Lipinski definition) is 4. The molecule has 2 unspecified atom stereocenters. The summed E-state index contributed by atoms with van der Waals surface area (Å²) in [5.74, 6) is 2.03. The van der Waals surface area contributed by atoms with Crippen LogP contribution in [0.2, 0.25) is 0 Å². The Balaban J connectivity index is 1.41. The molecular formula is C19H25N5O. The van der Waals surface area contributed by atoms with Gasteiger partial charge in [0.2, 0.25) is 5.91 Å². The second-order valence-corrected chi connectivity index (χ2v) is 7.15. The molecule has 3 heterocycles. The minimum atomic E-state index is 0.153. The van der Waals surface area contributed by atoms with Gasteiger partial charge >= 0.3 is 0 Å². The summed E-state index contributed by atoms with van der Waals surface area (Å²) >= 11 is 0. The Hall–Kier alpha value is -2.21. The summed E-state index contributed by atoms with van der Waals surface area (Å²) in [7, 11) is 0. The zero-order valence-corrected chi connectivity index (χ0v) is 14.9. The van der Waals surface area contributed by atoms with Gasteiger partial charge in [-0.1, -0.05) is 18.2 Å². The molecule has 132 valence electrons. The Morgan fingerprint density at radius 2 is 2.12 bits per heavy atom. The van der Waals surface area contributed by atoms with Crippen LogP contribution in [0.3, 0.4) is 0 Å². The van der Waals surface area contributed by atoms with Gasteiger partial charge in [0.1, 0.15) is 11.6 Å². The summed E-state index contributed by atoms with van der Waals surface area (Å²) in [6.45, 7) is 5.22. The van der Waals surface area contributed by atoms with E-state index in [9.17, 15) is 4.79 Å². The summed E-state index contributed by atoms with van der Waals surface area (Å²) in [5, 5.41) is 7.87. The number of amides is 1. The van der Waals surface area contributed by atoms with Crippen molar-refractivity contribution in [2.24, 2.45) is 0 Å². The third-order valence-corrected chi connectivity index (χ3v) is 5.30. The molecule has 0 saturated carbocycles.